The molecule has 1 atom stereocenters. The van der Waals surface area contributed by atoms with Crippen LogP contribution in [0.15, 0.2) is 4.52 Å². The van der Waals surface area contributed by atoms with Crippen molar-refractivity contribution in [3.05, 3.63) is 11.7 Å². The van der Waals surface area contributed by atoms with Crippen LogP contribution in [0.25, 0.3) is 0 Å². The van der Waals surface area contributed by atoms with Crippen molar-refractivity contribution in [3.8, 4) is 0 Å². The van der Waals surface area contributed by atoms with Crippen LogP contribution in [0.3, 0.4) is 0 Å². The summed E-state index contributed by atoms with van der Waals surface area (Å²) in [4.78, 5) is 15.4. The number of hydrogen-bond donors (Lipinski definition) is 2. The van der Waals surface area contributed by atoms with Crippen molar-refractivity contribution in [2.24, 2.45) is 0 Å². The highest BCUT2D eigenvalue weighted by Crippen LogP contribution is 2.20. The highest BCUT2D eigenvalue weighted by molar-refractivity contribution is 5.90. The van der Waals surface area contributed by atoms with E-state index in [2.05, 4.69) is 20.8 Å². The summed E-state index contributed by atoms with van der Waals surface area (Å²) >= 11 is 0. The lowest BCUT2D eigenvalue weighted by Crippen LogP contribution is -2.24. The number of aromatic nitrogens is 2. The van der Waals surface area contributed by atoms with Crippen LogP contribution >= 0.6 is 0 Å². The van der Waals surface area contributed by atoms with Crippen LogP contribution in [-0.4, -0.2) is 29.1 Å². The summed E-state index contributed by atoms with van der Waals surface area (Å²) in [5.41, 5.74) is 0. The van der Waals surface area contributed by atoms with Crippen LogP contribution in [0.1, 0.15) is 42.3 Å². The summed E-state index contributed by atoms with van der Waals surface area (Å²) in [7, 11) is 0. The Morgan fingerprint density at radius 1 is 1.73 bits per heavy atom. The lowest BCUT2D eigenvalue weighted by atomic mass is 10.2. The normalized spacial score (nSPS) is 20.5. The van der Waals surface area contributed by atoms with Gasteiger partial charge in [-0.25, -0.2) is 0 Å². The lowest BCUT2D eigenvalue weighted by Gasteiger charge is -2.01. The van der Waals surface area contributed by atoms with Crippen LogP contribution in [-0.2, 0) is 0 Å². The van der Waals surface area contributed by atoms with Gasteiger partial charge in [0.2, 0.25) is 5.89 Å². The molecule has 1 amide bonds. The number of nitrogens with one attached hydrogen (secondary N) is 2. The molecule has 1 aromatic heterocycles. The van der Waals surface area contributed by atoms with E-state index in [1.165, 1.54) is 0 Å². The molecule has 1 saturated heterocycles. The fourth-order valence-electron chi connectivity index (χ4n) is 1.60. The minimum atomic E-state index is -0.287. The Morgan fingerprint density at radius 2 is 2.60 bits per heavy atom. The van der Waals surface area contributed by atoms with E-state index in [9.17, 15) is 4.79 Å². The molecule has 1 aliphatic rings. The van der Waals surface area contributed by atoms with Crippen molar-refractivity contribution in [2.75, 3.05) is 13.1 Å². The summed E-state index contributed by atoms with van der Waals surface area (Å²) in [6.07, 6.45) is 2.08. The summed E-state index contributed by atoms with van der Waals surface area (Å²) in [6.45, 7) is 3.37. The van der Waals surface area contributed by atoms with Crippen LogP contribution < -0.4 is 10.6 Å². The molecule has 15 heavy (non-hydrogen) atoms. The number of amides is 1. The number of carbonyl (C=O) groups is 1. The van der Waals surface area contributed by atoms with Crippen molar-refractivity contribution in [1.29, 1.82) is 0 Å². The minimum absolute atomic E-state index is 0.112. The Balaban J connectivity index is 2.06. The van der Waals surface area contributed by atoms with E-state index < -0.39 is 0 Å². The number of nitrogens with zero attached hydrogens (tertiary/aromatic N) is 2. The maximum Gasteiger partial charge on any atom is 0.292 e. The van der Waals surface area contributed by atoms with Gasteiger partial charge < -0.3 is 15.2 Å². The molecule has 2 rings (SSSR count). The second-order valence-corrected chi connectivity index (χ2v) is 3.46. The predicted octanol–water partition coefficient (Wildman–Crippen LogP) is 0.244. The van der Waals surface area contributed by atoms with E-state index in [4.69, 9.17) is 4.52 Å². The van der Waals surface area contributed by atoms with Gasteiger partial charge in [-0.2, -0.15) is 4.98 Å². The maximum absolute atomic E-state index is 11.4. The van der Waals surface area contributed by atoms with Crippen molar-refractivity contribution in [1.82, 2.24) is 20.8 Å². The van der Waals surface area contributed by atoms with E-state index >= 15 is 0 Å². The monoisotopic (exact) mass is 210 g/mol. The van der Waals surface area contributed by atoms with Gasteiger partial charge in [0.15, 0.2) is 0 Å². The molecule has 1 aromatic rings. The molecular weight excluding hydrogens is 196 g/mol. The Morgan fingerprint density at radius 3 is 3.27 bits per heavy atom. The second kappa shape index (κ2) is 4.39. The van der Waals surface area contributed by atoms with E-state index in [1.807, 2.05) is 6.92 Å². The van der Waals surface area contributed by atoms with Gasteiger partial charge in [0.05, 0.1) is 6.04 Å². The third-order valence-electron chi connectivity index (χ3n) is 2.34. The zero-order chi connectivity index (χ0) is 10.7. The first-order valence-corrected chi connectivity index (χ1v) is 5.16. The molecule has 2 N–H and O–H groups in total. The molecular formula is C9H14N4O2. The zero-order valence-corrected chi connectivity index (χ0v) is 8.62. The largest absolute Gasteiger partial charge is 0.349 e. The average Bonchev–Trinajstić information content (AvgIpc) is 2.89. The second-order valence-electron chi connectivity index (χ2n) is 3.46. The Hall–Kier alpha value is -1.43. The first-order chi connectivity index (χ1) is 7.31. The first-order valence-electron chi connectivity index (χ1n) is 5.16. The van der Waals surface area contributed by atoms with Crippen LogP contribution in [0.4, 0.5) is 0 Å². The summed E-state index contributed by atoms with van der Waals surface area (Å²) in [5.74, 6) is 0.333. The van der Waals surface area contributed by atoms with Gasteiger partial charge in [-0.1, -0.05) is 5.16 Å². The molecule has 1 fully saturated rings. The average molecular weight is 210 g/mol. The summed E-state index contributed by atoms with van der Waals surface area (Å²) in [6, 6.07) is 0.112. The van der Waals surface area contributed by atoms with Crippen LogP contribution in [0, 0.1) is 0 Å². The highest BCUT2D eigenvalue weighted by atomic mass is 16.5. The number of hydrogen-bond acceptors (Lipinski definition) is 5. The molecule has 0 bridgehead atoms. The van der Waals surface area contributed by atoms with E-state index in [-0.39, 0.29) is 17.8 Å². The topological polar surface area (TPSA) is 80.0 Å². The molecule has 6 nitrogen and oxygen atoms in total. The van der Waals surface area contributed by atoms with Gasteiger partial charge in [-0.05, 0) is 26.3 Å². The van der Waals surface area contributed by atoms with Crippen molar-refractivity contribution >= 4 is 5.91 Å². The van der Waals surface area contributed by atoms with Crippen molar-refractivity contribution in [2.45, 2.75) is 25.8 Å². The molecule has 0 unspecified atom stereocenters. The first kappa shape index (κ1) is 10.1. The Kier molecular flexibility index (Phi) is 2.96. The smallest absolute Gasteiger partial charge is 0.292 e. The van der Waals surface area contributed by atoms with Crippen LogP contribution in [0.5, 0.6) is 0 Å². The molecule has 82 valence electrons. The van der Waals surface area contributed by atoms with Gasteiger partial charge >= 0.3 is 0 Å². The predicted molar refractivity (Wildman–Crippen MR) is 52.3 cm³/mol. The fourth-order valence-corrected chi connectivity index (χ4v) is 1.60. The zero-order valence-electron chi connectivity index (χ0n) is 8.62. The third-order valence-corrected chi connectivity index (χ3v) is 2.34. The molecule has 0 aliphatic carbocycles. The van der Waals surface area contributed by atoms with Gasteiger partial charge in [-0.15, -0.1) is 0 Å². The Labute approximate surface area is 87.4 Å². The van der Waals surface area contributed by atoms with Gasteiger partial charge in [0, 0.05) is 6.54 Å². The van der Waals surface area contributed by atoms with Crippen molar-refractivity contribution in [3.63, 3.8) is 0 Å². The molecule has 0 radical (unpaired) electrons. The van der Waals surface area contributed by atoms with E-state index in [0.717, 1.165) is 19.4 Å². The maximum atomic E-state index is 11.4. The van der Waals surface area contributed by atoms with Gasteiger partial charge in [0.1, 0.15) is 0 Å². The third kappa shape index (κ3) is 2.15. The van der Waals surface area contributed by atoms with Crippen LogP contribution in [0.2, 0.25) is 0 Å². The summed E-state index contributed by atoms with van der Waals surface area (Å²) in [5, 5.41) is 9.49. The molecule has 6 heteroatoms. The molecule has 0 saturated carbocycles. The lowest BCUT2D eigenvalue weighted by molar-refractivity contribution is 0.0942. The Bertz CT molecular complexity index is 344. The minimum Gasteiger partial charge on any atom is -0.349 e. The molecule has 1 aliphatic heterocycles. The quantitative estimate of drug-likeness (QED) is 0.747. The standard InChI is InChI=1S/C9H14N4O2/c1-2-10-8(14)7-12-9(15-13-7)6-4-3-5-11-6/h6,11H,2-5H2,1H3,(H,10,14)/t6-/m1/s1. The van der Waals surface area contributed by atoms with Gasteiger partial charge in [-0.3, -0.25) is 4.79 Å². The highest BCUT2D eigenvalue weighted by Gasteiger charge is 2.23. The molecule has 0 aromatic carbocycles. The van der Waals surface area contributed by atoms with E-state index in [1.54, 1.807) is 0 Å². The number of rotatable bonds is 3. The van der Waals surface area contributed by atoms with E-state index in [0.29, 0.717) is 12.4 Å². The fraction of sp³-hybridized carbons (Fsp3) is 0.667. The van der Waals surface area contributed by atoms with Gasteiger partial charge in [0.25, 0.3) is 11.7 Å². The molecule has 2 heterocycles. The molecule has 0 spiro atoms. The number of carbonyl (C=O) groups excluding carboxylic acids is 1. The summed E-state index contributed by atoms with van der Waals surface area (Å²) < 4.78 is 5.03. The van der Waals surface area contributed by atoms with Crippen molar-refractivity contribution < 1.29 is 9.32 Å². The SMILES string of the molecule is CCNC(=O)c1noc([C@H]2CCCN2)n1.